The van der Waals surface area contributed by atoms with E-state index in [-0.39, 0.29) is 5.57 Å². The van der Waals surface area contributed by atoms with E-state index in [1.165, 1.54) is 20.2 Å². The van der Waals surface area contributed by atoms with Crippen molar-refractivity contribution in [2.24, 2.45) is 0 Å². The van der Waals surface area contributed by atoms with Crippen molar-refractivity contribution in [3.63, 3.8) is 0 Å². The molecule has 0 atom stereocenters. The van der Waals surface area contributed by atoms with Gasteiger partial charge in [0, 0.05) is 32.4 Å². The van der Waals surface area contributed by atoms with E-state index in [9.17, 15) is 14.4 Å². The summed E-state index contributed by atoms with van der Waals surface area (Å²) in [5.74, 6) is -1.20. The summed E-state index contributed by atoms with van der Waals surface area (Å²) in [6, 6.07) is -0.628. The van der Waals surface area contributed by atoms with Crippen molar-refractivity contribution in [3.05, 3.63) is 23.5 Å². The molecule has 0 aromatic carbocycles. The second kappa shape index (κ2) is 4.68. The van der Waals surface area contributed by atoms with E-state index in [4.69, 9.17) is 0 Å². The topological polar surface area (TPSA) is 75.5 Å². The van der Waals surface area contributed by atoms with Gasteiger partial charge < -0.3 is 0 Å². The summed E-state index contributed by atoms with van der Waals surface area (Å²) in [6.45, 7) is 2.63. The average molecular weight is 262 g/mol. The Bertz CT molecular complexity index is 562. The quantitative estimate of drug-likeness (QED) is 0.569. The van der Waals surface area contributed by atoms with E-state index < -0.39 is 17.8 Å². The zero-order valence-electron chi connectivity index (χ0n) is 11.0. The SMILES string of the molecule is CCn1cc(C=C2C(=O)N(C)C(=O)N(C)C2=O)cn1. The van der Waals surface area contributed by atoms with Crippen LogP contribution in [0.3, 0.4) is 0 Å². The zero-order valence-corrected chi connectivity index (χ0v) is 11.0. The fourth-order valence-corrected chi connectivity index (χ4v) is 1.77. The van der Waals surface area contributed by atoms with Crippen molar-refractivity contribution < 1.29 is 14.4 Å². The second-order valence-electron chi connectivity index (χ2n) is 4.20. The number of rotatable bonds is 2. The fourth-order valence-electron chi connectivity index (χ4n) is 1.77. The number of aryl methyl sites for hydroxylation is 1. The van der Waals surface area contributed by atoms with Gasteiger partial charge in [-0.25, -0.2) is 4.79 Å². The van der Waals surface area contributed by atoms with Crippen molar-refractivity contribution >= 4 is 23.9 Å². The monoisotopic (exact) mass is 262 g/mol. The maximum atomic E-state index is 11.9. The summed E-state index contributed by atoms with van der Waals surface area (Å²) in [6.07, 6.45) is 4.74. The molecular formula is C12H14N4O3. The van der Waals surface area contributed by atoms with Crippen LogP contribution in [0, 0.1) is 0 Å². The number of urea groups is 1. The molecule has 1 aliphatic heterocycles. The van der Waals surface area contributed by atoms with Crippen LogP contribution in [0.25, 0.3) is 6.08 Å². The first-order chi connectivity index (χ1) is 8.95. The third-order valence-corrected chi connectivity index (χ3v) is 2.93. The Balaban J connectivity index is 2.39. The molecule has 7 nitrogen and oxygen atoms in total. The molecule has 2 rings (SSSR count). The molecule has 1 aromatic heterocycles. The first kappa shape index (κ1) is 13.0. The molecule has 1 aromatic rings. The molecule has 0 aliphatic carbocycles. The van der Waals surface area contributed by atoms with Crippen LogP contribution in [-0.2, 0) is 16.1 Å². The van der Waals surface area contributed by atoms with Crippen molar-refractivity contribution in [1.29, 1.82) is 0 Å². The molecule has 0 radical (unpaired) electrons. The van der Waals surface area contributed by atoms with Gasteiger partial charge in [-0.15, -0.1) is 0 Å². The summed E-state index contributed by atoms with van der Waals surface area (Å²) >= 11 is 0. The maximum Gasteiger partial charge on any atom is 0.333 e. The van der Waals surface area contributed by atoms with Crippen molar-refractivity contribution in [1.82, 2.24) is 19.6 Å². The van der Waals surface area contributed by atoms with Crippen LogP contribution in [0.4, 0.5) is 4.79 Å². The van der Waals surface area contributed by atoms with Gasteiger partial charge in [0.25, 0.3) is 11.8 Å². The molecule has 4 amide bonds. The van der Waals surface area contributed by atoms with Crippen LogP contribution in [-0.4, -0.2) is 51.5 Å². The highest BCUT2D eigenvalue weighted by Gasteiger charge is 2.37. The molecule has 7 heteroatoms. The van der Waals surface area contributed by atoms with Gasteiger partial charge in [0.05, 0.1) is 6.20 Å². The van der Waals surface area contributed by atoms with E-state index in [1.54, 1.807) is 17.1 Å². The van der Waals surface area contributed by atoms with Gasteiger partial charge in [0.2, 0.25) is 0 Å². The predicted molar refractivity (Wildman–Crippen MR) is 66.8 cm³/mol. The maximum absolute atomic E-state index is 11.9. The highest BCUT2D eigenvalue weighted by atomic mass is 16.2. The van der Waals surface area contributed by atoms with Crippen molar-refractivity contribution in [3.8, 4) is 0 Å². The van der Waals surface area contributed by atoms with Gasteiger partial charge in [-0.2, -0.15) is 5.10 Å². The summed E-state index contributed by atoms with van der Waals surface area (Å²) in [5.41, 5.74) is 0.606. The van der Waals surface area contributed by atoms with Gasteiger partial charge >= 0.3 is 6.03 Å². The third kappa shape index (κ3) is 2.14. The molecule has 0 bridgehead atoms. The number of nitrogens with zero attached hydrogens (tertiary/aromatic N) is 4. The minimum Gasteiger partial charge on any atom is -0.272 e. The van der Waals surface area contributed by atoms with Crippen LogP contribution in [0.15, 0.2) is 18.0 Å². The highest BCUT2D eigenvalue weighted by Crippen LogP contribution is 2.17. The molecule has 0 spiro atoms. The second-order valence-corrected chi connectivity index (χ2v) is 4.20. The van der Waals surface area contributed by atoms with Crippen molar-refractivity contribution in [2.75, 3.05) is 14.1 Å². The number of hydrogen-bond donors (Lipinski definition) is 0. The molecule has 2 heterocycles. The number of imide groups is 2. The molecule has 19 heavy (non-hydrogen) atoms. The Hall–Kier alpha value is -2.44. The smallest absolute Gasteiger partial charge is 0.272 e. The highest BCUT2D eigenvalue weighted by molar-refractivity contribution is 6.30. The third-order valence-electron chi connectivity index (χ3n) is 2.93. The average Bonchev–Trinajstić information content (AvgIpc) is 2.87. The normalized spacial score (nSPS) is 16.4. The lowest BCUT2D eigenvalue weighted by Gasteiger charge is -2.28. The van der Waals surface area contributed by atoms with E-state index in [1.807, 2.05) is 6.92 Å². The molecule has 1 fully saturated rings. The lowest BCUT2D eigenvalue weighted by atomic mass is 10.1. The molecular weight excluding hydrogens is 248 g/mol. The van der Waals surface area contributed by atoms with Gasteiger partial charge in [-0.3, -0.25) is 24.1 Å². The standard InChI is InChI=1S/C12H14N4O3/c1-4-16-7-8(6-13-16)5-9-10(17)14(2)12(19)15(3)11(9)18/h5-7H,4H2,1-3H3. The number of hydrogen-bond acceptors (Lipinski definition) is 4. The van der Waals surface area contributed by atoms with E-state index in [2.05, 4.69) is 5.10 Å². The van der Waals surface area contributed by atoms with E-state index >= 15 is 0 Å². The lowest BCUT2D eigenvalue weighted by molar-refractivity contribution is -0.134. The largest absolute Gasteiger partial charge is 0.333 e. The number of carbonyl (C=O) groups is 3. The Labute approximate surface area is 110 Å². The Kier molecular flexibility index (Phi) is 3.20. The van der Waals surface area contributed by atoms with E-state index in [0.29, 0.717) is 12.1 Å². The summed E-state index contributed by atoms with van der Waals surface area (Å²) in [4.78, 5) is 37.3. The number of carbonyl (C=O) groups excluding carboxylic acids is 3. The molecule has 100 valence electrons. The van der Waals surface area contributed by atoms with Crippen molar-refractivity contribution in [2.45, 2.75) is 13.5 Å². The number of amides is 4. The fraction of sp³-hybridized carbons (Fsp3) is 0.333. The van der Waals surface area contributed by atoms with Crippen LogP contribution in [0.2, 0.25) is 0 Å². The van der Waals surface area contributed by atoms with Crippen LogP contribution >= 0.6 is 0 Å². The minimum absolute atomic E-state index is 0.0414. The van der Waals surface area contributed by atoms with Crippen LogP contribution < -0.4 is 0 Å². The summed E-state index contributed by atoms with van der Waals surface area (Å²) < 4.78 is 1.68. The molecule has 0 saturated carbocycles. The first-order valence-electron chi connectivity index (χ1n) is 5.80. The van der Waals surface area contributed by atoms with Gasteiger partial charge in [0.15, 0.2) is 0 Å². The Morgan fingerprint density at radius 3 is 2.21 bits per heavy atom. The number of likely N-dealkylation sites (N-methyl/N-ethyl adjacent to an activating group) is 2. The Morgan fingerprint density at radius 1 is 1.16 bits per heavy atom. The first-order valence-corrected chi connectivity index (χ1v) is 5.80. The van der Waals surface area contributed by atoms with Gasteiger partial charge in [0.1, 0.15) is 5.57 Å². The lowest BCUT2D eigenvalue weighted by Crippen LogP contribution is -2.52. The molecule has 1 saturated heterocycles. The minimum atomic E-state index is -0.628. The van der Waals surface area contributed by atoms with Gasteiger partial charge in [-0.05, 0) is 13.0 Å². The zero-order chi connectivity index (χ0) is 14.2. The molecule has 1 aliphatic rings. The number of barbiturate groups is 1. The van der Waals surface area contributed by atoms with Gasteiger partial charge in [-0.1, -0.05) is 0 Å². The van der Waals surface area contributed by atoms with Crippen LogP contribution in [0.5, 0.6) is 0 Å². The van der Waals surface area contributed by atoms with Crippen LogP contribution in [0.1, 0.15) is 12.5 Å². The predicted octanol–water partition coefficient (Wildman–Crippen LogP) is 0.337. The Morgan fingerprint density at radius 2 is 1.74 bits per heavy atom. The summed E-state index contributed by atoms with van der Waals surface area (Å²) in [7, 11) is 2.69. The summed E-state index contributed by atoms with van der Waals surface area (Å²) in [5, 5.41) is 4.06. The number of aromatic nitrogens is 2. The molecule has 0 N–H and O–H groups in total. The van der Waals surface area contributed by atoms with E-state index in [0.717, 1.165) is 9.80 Å². The molecule has 0 unspecified atom stereocenters.